The highest BCUT2D eigenvalue weighted by molar-refractivity contribution is 6.01. The molecule has 0 aromatic carbocycles. The van der Waals surface area contributed by atoms with Crippen molar-refractivity contribution in [2.45, 2.75) is 6.92 Å². The van der Waals surface area contributed by atoms with Crippen molar-refractivity contribution in [3.63, 3.8) is 0 Å². The third-order valence-electron chi connectivity index (χ3n) is 2.60. The Morgan fingerprint density at radius 1 is 1.62 bits per heavy atom. The van der Waals surface area contributed by atoms with Crippen molar-refractivity contribution in [2.75, 3.05) is 37.0 Å². The molecule has 0 radical (unpaired) electrons. The van der Waals surface area contributed by atoms with Crippen LogP contribution in [-0.2, 0) is 9.53 Å². The summed E-state index contributed by atoms with van der Waals surface area (Å²) in [5.41, 5.74) is 1.84. The molecule has 2 heterocycles. The van der Waals surface area contributed by atoms with E-state index in [-0.39, 0.29) is 5.91 Å². The summed E-state index contributed by atoms with van der Waals surface area (Å²) >= 11 is 0. The smallest absolute Gasteiger partial charge is 0.244 e. The van der Waals surface area contributed by atoms with Crippen molar-refractivity contribution in [3.05, 3.63) is 17.8 Å². The number of rotatable bonds is 3. The van der Waals surface area contributed by atoms with Gasteiger partial charge in [-0.05, 0) is 18.6 Å². The molecule has 1 aromatic heterocycles. The molecule has 0 aliphatic carbocycles. The lowest BCUT2D eigenvalue weighted by molar-refractivity contribution is -0.115. The molecule has 16 heavy (non-hydrogen) atoms. The highest BCUT2D eigenvalue weighted by atomic mass is 16.5. The minimum Gasteiger partial charge on any atom is -0.383 e. The molecule has 1 N–H and O–H groups in total. The summed E-state index contributed by atoms with van der Waals surface area (Å²) in [6.07, 6.45) is 1.76. The van der Waals surface area contributed by atoms with Crippen molar-refractivity contribution < 1.29 is 9.53 Å². The summed E-state index contributed by atoms with van der Waals surface area (Å²) in [6.45, 7) is 3.56. The number of carbonyl (C=O) groups is 1. The van der Waals surface area contributed by atoms with Gasteiger partial charge in [0, 0.05) is 19.9 Å². The summed E-state index contributed by atoms with van der Waals surface area (Å²) in [4.78, 5) is 17.8. The molecule has 1 amide bonds. The van der Waals surface area contributed by atoms with Crippen molar-refractivity contribution >= 4 is 17.4 Å². The lowest BCUT2D eigenvalue weighted by atomic mass is 10.2. The van der Waals surface area contributed by atoms with E-state index in [9.17, 15) is 4.79 Å². The van der Waals surface area contributed by atoms with Gasteiger partial charge in [-0.25, -0.2) is 4.98 Å². The Balaban J connectivity index is 2.30. The Morgan fingerprint density at radius 2 is 2.44 bits per heavy atom. The van der Waals surface area contributed by atoms with Crippen LogP contribution >= 0.6 is 0 Å². The van der Waals surface area contributed by atoms with Crippen LogP contribution in [0.4, 0.5) is 11.5 Å². The van der Waals surface area contributed by atoms with E-state index in [1.54, 1.807) is 13.3 Å². The monoisotopic (exact) mass is 221 g/mol. The average molecular weight is 221 g/mol. The number of nitrogens with zero attached hydrogens (tertiary/aromatic N) is 2. The largest absolute Gasteiger partial charge is 0.383 e. The highest BCUT2D eigenvalue weighted by Gasteiger charge is 2.23. The van der Waals surface area contributed by atoms with Crippen molar-refractivity contribution in [2.24, 2.45) is 0 Å². The number of fused-ring (bicyclic) bond motifs is 1. The van der Waals surface area contributed by atoms with Crippen LogP contribution in [0.3, 0.4) is 0 Å². The van der Waals surface area contributed by atoms with Gasteiger partial charge in [0.25, 0.3) is 0 Å². The van der Waals surface area contributed by atoms with Crippen molar-refractivity contribution in [3.8, 4) is 0 Å². The van der Waals surface area contributed by atoms with Gasteiger partial charge in [0.15, 0.2) is 5.82 Å². The third kappa shape index (κ3) is 1.99. The lowest BCUT2D eigenvalue weighted by Crippen LogP contribution is -2.40. The number of anilines is 2. The molecule has 1 aliphatic rings. The van der Waals surface area contributed by atoms with E-state index in [1.165, 1.54) is 0 Å². The van der Waals surface area contributed by atoms with E-state index in [0.29, 0.717) is 19.7 Å². The van der Waals surface area contributed by atoms with Gasteiger partial charge in [-0.15, -0.1) is 0 Å². The summed E-state index contributed by atoms with van der Waals surface area (Å²) < 4.78 is 5.02. The molecule has 2 rings (SSSR count). The molecule has 0 fully saturated rings. The number of aryl methyl sites for hydroxylation is 1. The van der Waals surface area contributed by atoms with Crippen molar-refractivity contribution in [1.29, 1.82) is 0 Å². The summed E-state index contributed by atoms with van der Waals surface area (Å²) in [5.74, 6) is 0.830. The van der Waals surface area contributed by atoms with Crippen LogP contribution in [0.25, 0.3) is 0 Å². The van der Waals surface area contributed by atoms with Gasteiger partial charge in [-0.2, -0.15) is 0 Å². The zero-order valence-electron chi connectivity index (χ0n) is 9.49. The van der Waals surface area contributed by atoms with Gasteiger partial charge in [0.05, 0.1) is 18.8 Å². The molecule has 5 heteroatoms. The SMILES string of the molecule is COCCN1CC(=O)Nc2c(C)ccnc21. The first-order valence-corrected chi connectivity index (χ1v) is 5.21. The number of hydrogen-bond donors (Lipinski definition) is 1. The molecule has 0 spiro atoms. The van der Waals surface area contributed by atoms with Gasteiger partial charge in [0.1, 0.15) is 0 Å². The average Bonchev–Trinajstić information content (AvgIpc) is 2.27. The van der Waals surface area contributed by atoms with Gasteiger partial charge in [0.2, 0.25) is 5.91 Å². The summed E-state index contributed by atoms with van der Waals surface area (Å²) in [6, 6.07) is 1.89. The van der Waals surface area contributed by atoms with Gasteiger partial charge < -0.3 is 15.0 Å². The molecule has 0 saturated heterocycles. The molecule has 5 nitrogen and oxygen atoms in total. The number of amides is 1. The molecule has 1 aromatic rings. The summed E-state index contributed by atoms with van der Waals surface area (Å²) in [5, 5.41) is 2.85. The van der Waals surface area contributed by atoms with Crippen LogP contribution in [0.5, 0.6) is 0 Å². The highest BCUT2D eigenvalue weighted by Crippen LogP contribution is 2.29. The van der Waals surface area contributed by atoms with E-state index >= 15 is 0 Å². The second kappa shape index (κ2) is 4.49. The number of pyridine rings is 1. The number of nitrogens with one attached hydrogen (secondary N) is 1. The lowest BCUT2D eigenvalue weighted by Gasteiger charge is -2.30. The van der Waals surface area contributed by atoms with Crippen LogP contribution in [0.2, 0.25) is 0 Å². The van der Waals surface area contributed by atoms with Crippen LogP contribution in [-0.4, -0.2) is 37.7 Å². The van der Waals surface area contributed by atoms with Crippen LogP contribution in [0, 0.1) is 6.92 Å². The number of carbonyl (C=O) groups excluding carboxylic acids is 1. The fourth-order valence-corrected chi connectivity index (χ4v) is 1.75. The molecular formula is C11H15N3O2. The molecule has 86 valence electrons. The van der Waals surface area contributed by atoms with E-state index in [2.05, 4.69) is 10.3 Å². The number of hydrogen-bond acceptors (Lipinski definition) is 4. The first-order valence-electron chi connectivity index (χ1n) is 5.21. The van der Waals surface area contributed by atoms with Crippen molar-refractivity contribution in [1.82, 2.24) is 4.98 Å². The first kappa shape index (κ1) is 10.9. The van der Waals surface area contributed by atoms with E-state index < -0.39 is 0 Å². The third-order valence-corrected chi connectivity index (χ3v) is 2.60. The van der Waals surface area contributed by atoms with Crippen LogP contribution < -0.4 is 10.2 Å². The number of aromatic nitrogens is 1. The van der Waals surface area contributed by atoms with Crippen LogP contribution in [0.1, 0.15) is 5.56 Å². The predicted molar refractivity (Wildman–Crippen MR) is 61.7 cm³/mol. The quantitative estimate of drug-likeness (QED) is 0.820. The number of methoxy groups -OCH3 is 1. The van der Waals surface area contributed by atoms with E-state index in [0.717, 1.165) is 17.1 Å². The fraction of sp³-hybridized carbons (Fsp3) is 0.455. The second-order valence-electron chi connectivity index (χ2n) is 3.79. The first-order chi connectivity index (χ1) is 7.72. The molecule has 1 aliphatic heterocycles. The van der Waals surface area contributed by atoms with Crippen LogP contribution in [0.15, 0.2) is 12.3 Å². The topological polar surface area (TPSA) is 54.5 Å². The molecule has 0 saturated carbocycles. The minimum absolute atomic E-state index is 0.000275. The zero-order chi connectivity index (χ0) is 11.5. The Hall–Kier alpha value is -1.62. The molecule has 0 atom stereocenters. The maximum Gasteiger partial charge on any atom is 0.244 e. The Kier molecular flexibility index (Phi) is 3.05. The Labute approximate surface area is 94.4 Å². The maximum absolute atomic E-state index is 11.5. The van der Waals surface area contributed by atoms with Gasteiger partial charge in [-0.3, -0.25) is 4.79 Å². The normalized spacial score (nSPS) is 14.6. The Morgan fingerprint density at radius 3 is 3.19 bits per heavy atom. The van der Waals surface area contributed by atoms with E-state index in [1.807, 2.05) is 17.9 Å². The minimum atomic E-state index is -0.000275. The predicted octanol–water partition coefficient (Wildman–Crippen LogP) is 0.795. The fourth-order valence-electron chi connectivity index (χ4n) is 1.75. The molecular weight excluding hydrogens is 206 g/mol. The van der Waals surface area contributed by atoms with Gasteiger partial charge in [-0.1, -0.05) is 0 Å². The molecule has 0 bridgehead atoms. The number of ether oxygens (including phenoxy) is 1. The molecule has 0 unspecified atom stereocenters. The van der Waals surface area contributed by atoms with Gasteiger partial charge >= 0.3 is 0 Å². The second-order valence-corrected chi connectivity index (χ2v) is 3.79. The van der Waals surface area contributed by atoms with E-state index in [4.69, 9.17) is 4.74 Å². The standard InChI is InChI=1S/C11H15N3O2/c1-8-3-4-12-11-10(8)13-9(15)7-14(11)5-6-16-2/h3-4H,5-7H2,1-2H3,(H,13,15). The Bertz CT molecular complexity index is 406. The maximum atomic E-state index is 11.5. The zero-order valence-corrected chi connectivity index (χ0v) is 9.49. The summed E-state index contributed by atoms with van der Waals surface area (Å²) in [7, 11) is 1.65.